The smallest absolute Gasteiger partial charge is 0.337 e. The van der Waals surface area contributed by atoms with E-state index in [2.05, 4.69) is 17.2 Å². The first kappa shape index (κ1) is 13.5. The fraction of sp³-hybridized carbons (Fsp3) is 0.500. The summed E-state index contributed by atoms with van der Waals surface area (Å²) in [6.45, 7) is 3.00. The predicted molar refractivity (Wildman–Crippen MR) is 74.8 cm³/mol. The van der Waals surface area contributed by atoms with Gasteiger partial charge in [0.05, 0.1) is 10.6 Å². The van der Waals surface area contributed by atoms with Crippen LogP contribution in [0.25, 0.3) is 0 Å². The van der Waals surface area contributed by atoms with E-state index in [0.29, 0.717) is 5.82 Å². The summed E-state index contributed by atoms with van der Waals surface area (Å²) in [6, 6.07) is 1.48. The maximum atomic E-state index is 11.0. The minimum Gasteiger partial charge on any atom is -0.478 e. The van der Waals surface area contributed by atoms with E-state index in [1.807, 2.05) is 11.8 Å². The Kier molecular flexibility index (Phi) is 4.02. The number of carboxylic acids is 1. The van der Waals surface area contributed by atoms with Crippen molar-refractivity contribution in [2.45, 2.75) is 24.5 Å². The minimum absolute atomic E-state index is 0.0818. The minimum atomic E-state index is -1.04. The van der Waals surface area contributed by atoms with E-state index < -0.39 is 5.97 Å². The summed E-state index contributed by atoms with van der Waals surface area (Å²) in [6.07, 6.45) is 3.78. The predicted octanol–water partition coefficient (Wildman–Crippen LogP) is 3.13. The average Bonchev–Trinajstić information content (AvgIpc) is 2.75. The first-order valence-electron chi connectivity index (χ1n) is 5.77. The zero-order valence-electron chi connectivity index (χ0n) is 10.1. The number of carboxylic acid groups (broad SMARTS) is 1. The Labute approximate surface area is 115 Å². The van der Waals surface area contributed by atoms with Gasteiger partial charge in [-0.05, 0) is 31.6 Å². The molecule has 0 amide bonds. The molecule has 2 rings (SSSR count). The van der Waals surface area contributed by atoms with Crippen molar-refractivity contribution in [3.63, 3.8) is 0 Å². The van der Waals surface area contributed by atoms with Gasteiger partial charge in [-0.3, -0.25) is 0 Å². The van der Waals surface area contributed by atoms with Gasteiger partial charge in [0, 0.05) is 17.5 Å². The van der Waals surface area contributed by atoms with Crippen molar-refractivity contribution in [3.8, 4) is 0 Å². The Morgan fingerprint density at radius 2 is 2.50 bits per heavy atom. The molecule has 2 N–H and O–H groups in total. The molecule has 0 aromatic carbocycles. The molecule has 0 spiro atoms. The normalized spacial score (nSPS) is 23.0. The Balaban J connectivity index is 2.05. The fourth-order valence-electron chi connectivity index (χ4n) is 1.95. The van der Waals surface area contributed by atoms with Crippen LogP contribution in [0.1, 0.15) is 30.1 Å². The molecule has 18 heavy (non-hydrogen) atoms. The third-order valence-corrected chi connectivity index (χ3v) is 4.87. The topological polar surface area (TPSA) is 62.2 Å². The van der Waals surface area contributed by atoms with Gasteiger partial charge in [0.2, 0.25) is 0 Å². The lowest BCUT2D eigenvalue weighted by atomic mass is 10.1. The molecule has 6 heteroatoms. The summed E-state index contributed by atoms with van der Waals surface area (Å²) in [5.41, 5.74) is 0.0818. The highest BCUT2D eigenvalue weighted by Crippen LogP contribution is 2.37. The number of anilines is 1. The lowest BCUT2D eigenvalue weighted by molar-refractivity contribution is 0.0697. The summed E-state index contributed by atoms with van der Waals surface area (Å²) in [5.74, 6) is 0.713. The molecule has 0 radical (unpaired) electrons. The molecule has 1 aromatic heterocycles. The van der Waals surface area contributed by atoms with Crippen LogP contribution in [0.2, 0.25) is 5.02 Å². The SMILES string of the molecule is CC1(CNc2cc(C(=O)O)c(Cl)cn2)CCCS1. The van der Waals surface area contributed by atoms with Gasteiger partial charge < -0.3 is 10.4 Å². The van der Waals surface area contributed by atoms with Crippen LogP contribution < -0.4 is 5.32 Å². The summed E-state index contributed by atoms with van der Waals surface area (Å²) < 4.78 is 0.213. The molecular formula is C12H15ClN2O2S. The average molecular weight is 287 g/mol. The van der Waals surface area contributed by atoms with Crippen LogP contribution in [0.3, 0.4) is 0 Å². The molecule has 0 saturated carbocycles. The van der Waals surface area contributed by atoms with E-state index in [1.165, 1.54) is 30.9 Å². The van der Waals surface area contributed by atoms with Gasteiger partial charge >= 0.3 is 5.97 Å². The van der Waals surface area contributed by atoms with Crippen LogP contribution in [0.15, 0.2) is 12.3 Å². The first-order valence-corrected chi connectivity index (χ1v) is 7.13. The third-order valence-electron chi connectivity index (χ3n) is 3.03. The highest BCUT2D eigenvalue weighted by atomic mass is 35.5. The van der Waals surface area contributed by atoms with Gasteiger partial charge in [-0.1, -0.05) is 11.6 Å². The molecule has 2 heterocycles. The molecular weight excluding hydrogens is 272 g/mol. The highest BCUT2D eigenvalue weighted by molar-refractivity contribution is 8.00. The van der Waals surface area contributed by atoms with E-state index in [-0.39, 0.29) is 15.3 Å². The standard InChI is InChI=1S/C12H15ClN2O2S/c1-12(3-2-4-18-12)7-15-10-5-8(11(16)17)9(13)6-14-10/h5-6H,2-4,7H2,1H3,(H,14,15)(H,16,17). The molecule has 1 atom stereocenters. The number of thioether (sulfide) groups is 1. The molecule has 1 fully saturated rings. The van der Waals surface area contributed by atoms with Crippen molar-refractivity contribution in [2.75, 3.05) is 17.6 Å². The van der Waals surface area contributed by atoms with Crippen LogP contribution >= 0.6 is 23.4 Å². The van der Waals surface area contributed by atoms with Gasteiger partial charge in [-0.2, -0.15) is 11.8 Å². The molecule has 1 aliphatic heterocycles. The van der Waals surface area contributed by atoms with Crippen molar-refractivity contribution in [1.29, 1.82) is 0 Å². The Hall–Kier alpha value is -0.940. The van der Waals surface area contributed by atoms with Crippen LogP contribution in [-0.2, 0) is 0 Å². The molecule has 1 saturated heterocycles. The van der Waals surface area contributed by atoms with Gasteiger partial charge in [0.25, 0.3) is 0 Å². The summed E-state index contributed by atoms with van der Waals surface area (Å²) in [4.78, 5) is 15.1. The lowest BCUT2D eigenvalue weighted by Crippen LogP contribution is -2.27. The molecule has 1 unspecified atom stereocenters. The lowest BCUT2D eigenvalue weighted by Gasteiger charge is -2.23. The zero-order valence-corrected chi connectivity index (χ0v) is 11.6. The maximum Gasteiger partial charge on any atom is 0.337 e. The second-order valence-electron chi connectivity index (χ2n) is 4.61. The third kappa shape index (κ3) is 3.09. The van der Waals surface area contributed by atoms with E-state index >= 15 is 0 Å². The van der Waals surface area contributed by atoms with Crippen LogP contribution in [-0.4, -0.2) is 33.1 Å². The van der Waals surface area contributed by atoms with Gasteiger partial charge in [-0.15, -0.1) is 0 Å². The summed E-state index contributed by atoms with van der Waals surface area (Å²) >= 11 is 7.72. The Bertz CT molecular complexity index is 461. The largest absolute Gasteiger partial charge is 0.478 e. The van der Waals surface area contributed by atoms with E-state index in [1.54, 1.807) is 0 Å². The van der Waals surface area contributed by atoms with E-state index in [0.717, 1.165) is 6.54 Å². The molecule has 98 valence electrons. The van der Waals surface area contributed by atoms with Crippen molar-refractivity contribution in [1.82, 2.24) is 4.98 Å². The van der Waals surface area contributed by atoms with Gasteiger partial charge in [0.15, 0.2) is 0 Å². The van der Waals surface area contributed by atoms with Crippen molar-refractivity contribution in [2.24, 2.45) is 0 Å². The number of carbonyl (C=O) groups is 1. The second-order valence-corrected chi connectivity index (χ2v) is 6.70. The number of nitrogens with zero attached hydrogens (tertiary/aromatic N) is 1. The van der Waals surface area contributed by atoms with Crippen LogP contribution in [0.5, 0.6) is 0 Å². The second kappa shape index (κ2) is 5.36. The summed E-state index contributed by atoms with van der Waals surface area (Å²) in [5, 5.41) is 12.3. The van der Waals surface area contributed by atoms with Crippen molar-refractivity contribution >= 4 is 35.1 Å². The number of aromatic nitrogens is 1. The number of nitrogens with one attached hydrogen (secondary N) is 1. The molecule has 1 aliphatic rings. The summed E-state index contributed by atoms with van der Waals surface area (Å²) in [7, 11) is 0. The molecule has 4 nitrogen and oxygen atoms in total. The Morgan fingerprint density at radius 1 is 1.72 bits per heavy atom. The quantitative estimate of drug-likeness (QED) is 0.890. The first-order chi connectivity index (χ1) is 8.50. The monoisotopic (exact) mass is 286 g/mol. The number of aromatic carboxylic acids is 1. The van der Waals surface area contributed by atoms with Crippen LogP contribution in [0.4, 0.5) is 5.82 Å². The van der Waals surface area contributed by atoms with Gasteiger partial charge in [0.1, 0.15) is 5.82 Å². The fourth-order valence-corrected chi connectivity index (χ4v) is 3.38. The zero-order chi connectivity index (χ0) is 13.2. The van der Waals surface area contributed by atoms with Crippen molar-refractivity contribution < 1.29 is 9.90 Å². The number of rotatable bonds is 4. The number of pyridine rings is 1. The van der Waals surface area contributed by atoms with Crippen LogP contribution in [0, 0.1) is 0 Å². The highest BCUT2D eigenvalue weighted by Gasteiger charge is 2.29. The van der Waals surface area contributed by atoms with E-state index in [4.69, 9.17) is 16.7 Å². The molecule has 0 aliphatic carbocycles. The molecule has 1 aromatic rings. The maximum absolute atomic E-state index is 11.0. The Morgan fingerprint density at radius 3 is 3.11 bits per heavy atom. The number of halogens is 1. The van der Waals surface area contributed by atoms with E-state index in [9.17, 15) is 4.79 Å². The number of hydrogen-bond acceptors (Lipinski definition) is 4. The number of hydrogen-bond donors (Lipinski definition) is 2. The molecule has 0 bridgehead atoms. The van der Waals surface area contributed by atoms with Crippen molar-refractivity contribution in [3.05, 3.63) is 22.8 Å². The van der Waals surface area contributed by atoms with Gasteiger partial charge in [-0.25, -0.2) is 9.78 Å².